The minimum atomic E-state index is 0. The van der Waals surface area contributed by atoms with Gasteiger partial charge >= 0.3 is 0 Å². The largest absolute Gasteiger partial charge is 0.432 e. The van der Waals surface area contributed by atoms with Crippen molar-refractivity contribution in [2.45, 2.75) is 52.9 Å². The molecule has 1 radical (unpaired) electrons. The van der Waals surface area contributed by atoms with E-state index in [2.05, 4.69) is 77.1 Å². The van der Waals surface area contributed by atoms with Crippen LogP contribution in [-0.4, -0.2) is 23.8 Å². The van der Waals surface area contributed by atoms with Gasteiger partial charge in [0, 0.05) is 60.0 Å². The number of imidazole rings is 1. The minimum absolute atomic E-state index is 0. The molecule has 0 atom stereocenters. The number of para-hydroxylation sites is 1. The minimum Gasteiger partial charge on any atom is -0.432 e. The Morgan fingerprint density at radius 2 is 1.70 bits per heavy atom. The van der Waals surface area contributed by atoms with Gasteiger partial charge in [0.05, 0.1) is 0 Å². The Morgan fingerprint density at radius 1 is 0.886 bits per heavy atom. The van der Waals surface area contributed by atoms with Crippen molar-refractivity contribution < 1.29 is 20.1 Å². The van der Waals surface area contributed by atoms with Crippen LogP contribution in [0.25, 0.3) is 55.3 Å². The fraction of sp³-hybridized carbons (Fsp3) is 0.237. The van der Waals surface area contributed by atoms with E-state index in [0.29, 0.717) is 0 Å². The van der Waals surface area contributed by atoms with Gasteiger partial charge in [-0.25, -0.2) is 0 Å². The second kappa shape index (κ2) is 11.4. The maximum Gasteiger partial charge on any atom is 0.106 e. The molecule has 0 bridgehead atoms. The first-order valence-corrected chi connectivity index (χ1v) is 15.3. The van der Waals surface area contributed by atoms with Crippen molar-refractivity contribution in [3.8, 4) is 11.3 Å². The topological polar surface area (TPSA) is 47.5 Å². The summed E-state index contributed by atoms with van der Waals surface area (Å²) in [5.74, 6) is 1.71. The molecule has 1 saturated carbocycles. The van der Waals surface area contributed by atoms with Crippen LogP contribution in [0.2, 0.25) is 0 Å². The second-order valence-electron chi connectivity index (χ2n) is 12.1. The third-order valence-electron chi connectivity index (χ3n) is 9.02. The summed E-state index contributed by atoms with van der Waals surface area (Å²) in [4.78, 5) is 14.0. The van der Waals surface area contributed by atoms with E-state index in [9.17, 15) is 0 Å². The zero-order chi connectivity index (χ0) is 29.1. The number of hydrogen-bond donors (Lipinski definition) is 0. The van der Waals surface area contributed by atoms with Crippen LogP contribution in [-0.2, 0) is 26.5 Å². The molecule has 1 aliphatic carbocycles. The average Bonchev–Trinajstić information content (AvgIpc) is 3.76. The standard InChI is InChI=1S/C25H21N4.C13H12N.Ir/c1-15-14-28-24-22-17(10-11-26-24)13-18(12-16-6-2-3-7-16)21-19-8-4-5-9-20(19)29(23(21)22)25(28)27-15;1-10-3-6-12(7-4-10)13-8-5-11(2)9-14-13;/h4-5,8-11,13,16H,2-3,6-7,12H2,1H3;3-6,8-9H,1-2H3;/q2*-1;. The molecule has 6 heteroatoms. The predicted octanol–water partition coefficient (Wildman–Crippen LogP) is 8.88. The van der Waals surface area contributed by atoms with Gasteiger partial charge in [-0.1, -0.05) is 75.2 Å². The van der Waals surface area contributed by atoms with Crippen LogP contribution in [0, 0.1) is 39.0 Å². The quantitative estimate of drug-likeness (QED) is 0.170. The SMILES string of the molecule is Cc1[c-]n2c3nccc4cc(CC5CCCC5)c5c6ccccc6n(c5c43)c2n1.Cc1c[c-]c(-c2ccc(C)cn2)cc1.[Ir]. The normalized spacial score (nSPS) is 13.7. The van der Waals surface area contributed by atoms with Crippen molar-refractivity contribution in [3.63, 3.8) is 0 Å². The molecule has 1 fully saturated rings. The summed E-state index contributed by atoms with van der Waals surface area (Å²) in [5, 5.41) is 5.20. The Kier molecular flexibility index (Phi) is 7.44. The van der Waals surface area contributed by atoms with E-state index >= 15 is 0 Å². The van der Waals surface area contributed by atoms with Gasteiger partial charge in [0.2, 0.25) is 0 Å². The zero-order valence-corrected chi connectivity index (χ0v) is 27.6. The summed E-state index contributed by atoms with van der Waals surface area (Å²) in [6.07, 6.45) is 13.8. The van der Waals surface area contributed by atoms with E-state index in [-0.39, 0.29) is 20.1 Å². The van der Waals surface area contributed by atoms with Crippen molar-refractivity contribution >= 4 is 44.0 Å². The Hall–Kier alpha value is -4.12. The van der Waals surface area contributed by atoms with Crippen LogP contribution in [0.1, 0.15) is 48.1 Å². The molecular weight excluding hydrogens is 719 g/mol. The molecular formula is C38H33IrN5-2. The van der Waals surface area contributed by atoms with E-state index in [0.717, 1.165) is 40.7 Å². The molecule has 0 unspecified atom stereocenters. The number of pyridine rings is 2. The molecule has 3 aromatic carbocycles. The van der Waals surface area contributed by atoms with Gasteiger partial charge in [-0.05, 0) is 71.6 Å². The fourth-order valence-corrected chi connectivity index (χ4v) is 6.98. The monoisotopic (exact) mass is 752 g/mol. The van der Waals surface area contributed by atoms with Gasteiger partial charge in [-0.3, -0.25) is 4.98 Å². The molecule has 5 heterocycles. The Labute approximate surface area is 270 Å². The van der Waals surface area contributed by atoms with E-state index < -0.39 is 0 Å². The molecule has 0 N–H and O–H groups in total. The summed E-state index contributed by atoms with van der Waals surface area (Å²) < 4.78 is 4.37. The maximum absolute atomic E-state index is 4.85. The van der Waals surface area contributed by atoms with Crippen LogP contribution in [0.3, 0.4) is 0 Å². The molecule has 44 heavy (non-hydrogen) atoms. The third kappa shape index (κ3) is 4.77. The molecule has 0 amide bonds. The summed E-state index contributed by atoms with van der Waals surface area (Å²) in [6.45, 7) is 6.10. The molecule has 221 valence electrons. The van der Waals surface area contributed by atoms with E-state index in [1.165, 1.54) is 75.0 Å². The number of benzene rings is 3. The summed E-state index contributed by atoms with van der Waals surface area (Å²) in [5.41, 5.74) is 10.2. The van der Waals surface area contributed by atoms with Gasteiger partial charge in [0.1, 0.15) is 5.78 Å². The molecule has 1 aliphatic rings. The average molecular weight is 752 g/mol. The number of hydrogen-bond acceptors (Lipinski definition) is 3. The molecule has 9 rings (SSSR count). The van der Waals surface area contributed by atoms with E-state index in [1.54, 1.807) is 0 Å². The summed E-state index contributed by atoms with van der Waals surface area (Å²) in [6, 6.07) is 26.8. The number of nitrogens with zero attached hydrogens (tertiary/aromatic N) is 5. The summed E-state index contributed by atoms with van der Waals surface area (Å²) >= 11 is 0. The van der Waals surface area contributed by atoms with Crippen LogP contribution >= 0.6 is 0 Å². The Morgan fingerprint density at radius 3 is 2.48 bits per heavy atom. The van der Waals surface area contributed by atoms with Crippen molar-refractivity contribution in [2.75, 3.05) is 0 Å². The first-order chi connectivity index (χ1) is 21.0. The molecule has 5 nitrogen and oxygen atoms in total. The van der Waals surface area contributed by atoms with Crippen LogP contribution in [0.5, 0.6) is 0 Å². The molecule has 0 spiro atoms. The van der Waals surface area contributed by atoms with Gasteiger partial charge in [0.25, 0.3) is 0 Å². The van der Waals surface area contributed by atoms with Crippen molar-refractivity contribution in [1.82, 2.24) is 23.8 Å². The predicted molar refractivity (Wildman–Crippen MR) is 175 cm³/mol. The number of aromatic nitrogens is 5. The van der Waals surface area contributed by atoms with Gasteiger partial charge in [-0.15, -0.1) is 35.4 Å². The van der Waals surface area contributed by atoms with E-state index in [1.807, 2.05) is 48.8 Å². The van der Waals surface area contributed by atoms with Gasteiger partial charge in [0.15, 0.2) is 0 Å². The first-order valence-electron chi connectivity index (χ1n) is 15.3. The maximum atomic E-state index is 4.85. The number of rotatable bonds is 3. The van der Waals surface area contributed by atoms with Crippen LogP contribution in [0.15, 0.2) is 79.1 Å². The van der Waals surface area contributed by atoms with Crippen LogP contribution < -0.4 is 0 Å². The smallest absolute Gasteiger partial charge is 0.106 e. The van der Waals surface area contributed by atoms with Crippen LogP contribution in [0.4, 0.5) is 0 Å². The Balaban J connectivity index is 0.000000177. The van der Waals surface area contributed by atoms with Gasteiger partial charge < -0.3 is 18.8 Å². The van der Waals surface area contributed by atoms with Gasteiger partial charge in [-0.2, -0.15) is 0 Å². The third-order valence-corrected chi connectivity index (χ3v) is 9.02. The number of fused-ring (bicyclic) bond motifs is 6. The first kappa shape index (κ1) is 28.6. The van der Waals surface area contributed by atoms with Crippen molar-refractivity contribution in [1.29, 1.82) is 0 Å². The molecule has 0 saturated heterocycles. The summed E-state index contributed by atoms with van der Waals surface area (Å²) in [7, 11) is 0. The Bertz CT molecular complexity index is 2190. The second-order valence-corrected chi connectivity index (χ2v) is 12.1. The fourth-order valence-electron chi connectivity index (χ4n) is 6.98. The van der Waals surface area contributed by atoms with Crippen molar-refractivity contribution in [3.05, 3.63) is 114 Å². The molecule has 0 aliphatic heterocycles. The molecule has 5 aromatic heterocycles. The van der Waals surface area contributed by atoms with Crippen molar-refractivity contribution in [2.24, 2.45) is 5.92 Å². The van der Waals surface area contributed by atoms with E-state index in [4.69, 9.17) is 9.97 Å². The number of aryl methyl sites for hydroxylation is 3. The molecule has 8 aromatic rings. The zero-order valence-electron chi connectivity index (χ0n) is 25.2.